The third-order valence-electron chi connectivity index (χ3n) is 4.37. The first-order valence-electron chi connectivity index (χ1n) is 9.18. The Morgan fingerprint density at radius 3 is 2.41 bits per heavy atom. The molecule has 0 atom stereocenters. The van der Waals surface area contributed by atoms with Crippen LogP contribution in [0.2, 0.25) is 0 Å². The van der Waals surface area contributed by atoms with E-state index in [9.17, 15) is 5.11 Å². The Bertz CT molecular complexity index is 852. The fraction of sp³-hybridized carbons (Fsp3) is 0.409. The van der Waals surface area contributed by atoms with Gasteiger partial charge in [-0.2, -0.15) is 0 Å². The van der Waals surface area contributed by atoms with Gasteiger partial charge in [0.05, 0.1) is 22.4 Å². The average molecular weight is 402 g/mol. The number of ether oxygens (including phenoxy) is 1. The smallest absolute Gasteiger partial charge is 0.124 e. The molecule has 2 aromatic carbocycles. The van der Waals surface area contributed by atoms with Gasteiger partial charge in [-0.3, -0.25) is 0 Å². The van der Waals surface area contributed by atoms with Gasteiger partial charge in [-0.1, -0.05) is 38.1 Å². The van der Waals surface area contributed by atoms with Gasteiger partial charge in [-0.25, -0.2) is 4.98 Å². The van der Waals surface area contributed by atoms with Crippen molar-refractivity contribution >= 4 is 33.3 Å². The molecule has 0 amide bonds. The van der Waals surface area contributed by atoms with E-state index in [-0.39, 0.29) is 11.4 Å². The summed E-state index contributed by atoms with van der Waals surface area (Å²) in [6.45, 7) is 8.95. The Hall–Kier alpha value is -1.40. The van der Waals surface area contributed by atoms with Crippen LogP contribution in [0.4, 0.5) is 0 Å². The van der Waals surface area contributed by atoms with E-state index in [4.69, 9.17) is 9.72 Å². The zero-order valence-electron chi connectivity index (χ0n) is 16.4. The molecule has 5 heteroatoms. The van der Waals surface area contributed by atoms with Gasteiger partial charge in [0, 0.05) is 21.8 Å². The molecule has 0 radical (unpaired) electrons. The van der Waals surface area contributed by atoms with Crippen LogP contribution in [-0.4, -0.2) is 33.7 Å². The molecule has 0 saturated carbocycles. The first-order chi connectivity index (χ1) is 12.8. The molecule has 3 nitrogen and oxygen atoms in total. The van der Waals surface area contributed by atoms with Gasteiger partial charge in [0.2, 0.25) is 0 Å². The van der Waals surface area contributed by atoms with Gasteiger partial charge < -0.3 is 9.84 Å². The lowest BCUT2D eigenvalue weighted by Gasteiger charge is -2.28. The lowest BCUT2D eigenvalue weighted by molar-refractivity contribution is -0.0556. The average Bonchev–Trinajstić information content (AvgIpc) is 3.06. The topological polar surface area (TPSA) is 42.4 Å². The molecule has 0 spiro atoms. The molecule has 0 aliphatic carbocycles. The third-order valence-corrected chi connectivity index (χ3v) is 6.72. The highest BCUT2D eigenvalue weighted by atomic mass is 32.2. The molecule has 0 bridgehead atoms. The van der Waals surface area contributed by atoms with Crippen molar-refractivity contribution in [1.82, 2.24) is 4.98 Å². The lowest BCUT2D eigenvalue weighted by Crippen LogP contribution is -2.31. The number of fused-ring (bicyclic) bond motifs is 1. The van der Waals surface area contributed by atoms with Crippen molar-refractivity contribution in [2.45, 2.75) is 49.4 Å². The highest BCUT2D eigenvalue weighted by Crippen LogP contribution is 2.37. The van der Waals surface area contributed by atoms with Gasteiger partial charge in [-0.05, 0) is 44.5 Å². The second-order valence-electron chi connectivity index (χ2n) is 7.89. The SMILES string of the molecule is CC(C)(CO)OCCC(C)(C)Sc1ccc(-c2nc3ccccc3s2)cc1. The summed E-state index contributed by atoms with van der Waals surface area (Å²) in [6, 6.07) is 16.9. The normalized spacial score (nSPS) is 12.6. The molecule has 3 rings (SSSR count). The van der Waals surface area contributed by atoms with Crippen molar-refractivity contribution in [2.75, 3.05) is 13.2 Å². The number of benzene rings is 2. The van der Waals surface area contributed by atoms with E-state index in [0.717, 1.165) is 22.5 Å². The fourth-order valence-corrected chi connectivity index (χ4v) is 4.72. The number of rotatable bonds is 8. The maximum Gasteiger partial charge on any atom is 0.124 e. The van der Waals surface area contributed by atoms with Crippen molar-refractivity contribution in [3.63, 3.8) is 0 Å². The number of thioether (sulfide) groups is 1. The minimum Gasteiger partial charge on any atom is -0.393 e. The fourth-order valence-electron chi connectivity index (χ4n) is 2.65. The van der Waals surface area contributed by atoms with Gasteiger partial charge in [0.15, 0.2) is 0 Å². The monoisotopic (exact) mass is 401 g/mol. The number of aliphatic hydroxyl groups is 1. The summed E-state index contributed by atoms with van der Waals surface area (Å²) in [4.78, 5) is 5.98. The molecule has 0 aliphatic rings. The van der Waals surface area contributed by atoms with Crippen LogP contribution < -0.4 is 0 Å². The summed E-state index contributed by atoms with van der Waals surface area (Å²) in [5.41, 5.74) is 1.74. The maximum absolute atomic E-state index is 9.29. The molecule has 144 valence electrons. The Labute approximate surface area is 169 Å². The molecule has 0 saturated heterocycles. The van der Waals surface area contributed by atoms with Crippen LogP contribution in [0.1, 0.15) is 34.1 Å². The largest absolute Gasteiger partial charge is 0.393 e. The van der Waals surface area contributed by atoms with Crippen LogP contribution in [0, 0.1) is 0 Å². The number of hydrogen-bond donors (Lipinski definition) is 1. The number of aliphatic hydroxyl groups excluding tert-OH is 1. The highest BCUT2D eigenvalue weighted by Gasteiger charge is 2.22. The van der Waals surface area contributed by atoms with Crippen molar-refractivity contribution < 1.29 is 9.84 Å². The van der Waals surface area contributed by atoms with Crippen molar-refractivity contribution in [3.8, 4) is 10.6 Å². The standard InChI is InChI=1S/C22H27NO2S2/c1-21(2,15-24)25-14-13-22(3,4)27-17-11-9-16(10-12-17)20-23-18-7-5-6-8-19(18)26-20/h5-12,24H,13-15H2,1-4H3. The summed E-state index contributed by atoms with van der Waals surface area (Å²) in [6.07, 6.45) is 0.917. The van der Waals surface area contributed by atoms with E-state index in [2.05, 4.69) is 56.3 Å². The minimum absolute atomic E-state index is 0.0355. The van der Waals surface area contributed by atoms with Crippen LogP contribution in [0.5, 0.6) is 0 Å². The molecule has 1 N–H and O–H groups in total. The summed E-state index contributed by atoms with van der Waals surface area (Å²) in [5.74, 6) is 0. The minimum atomic E-state index is -0.473. The number of nitrogens with zero attached hydrogens (tertiary/aromatic N) is 1. The van der Waals surface area contributed by atoms with Crippen molar-refractivity contribution in [3.05, 3.63) is 48.5 Å². The predicted octanol–water partition coefficient (Wildman–Crippen LogP) is 6.01. The van der Waals surface area contributed by atoms with Crippen LogP contribution in [0.3, 0.4) is 0 Å². The number of thiazole rings is 1. The zero-order chi connectivity index (χ0) is 19.5. The van der Waals surface area contributed by atoms with Gasteiger partial charge in [0.1, 0.15) is 5.01 Å². The van der Waals surface area contributed by atoms with Crippen LogP contribution in [-0.2, 0) is 4.74 Å². The number of hydrogen-bond acceptors (Lipinski definition) is 5. The number of aromatic nitrogens is 1. The predicted molar refractivity (Wildman–Crippen MR) is 117 cm³/mol. The third kappa shape index (κ3) is 5.55. The van der Waals surface area contributed by atoms with E-state index in [1.165, 1.54) is 9.60 Å². The van der Waals surface area contributed by atoms with Gasteiger partial charge in [0.25, 0.3) is 0 Å². The van der Waals surface area contributed by atoms with Gasteiger partial charge in [-0.15, -0.1) is 23.1 Å². The first-order valence-corrected chi connectivity index (χ1v) is 10.8. The molecular weight excluding hydrogens is 374 g/mol. The molecule has 0 unspecified atom stereocenters. The Balaban J connectivity index is 1.62. The molecular formula is C22H27NO2S2. The molecule has 0 aliphatic heterocycles. The van der Waals surface area contributed by atoms with Crippen LogP contribution >= 0.6 is 23.1 Å². The van der Waals surface area contributed by atoms with Crippen molar-refractivity contribution in [2.24, 2.45) is 0 Å². The highest BCUT2D eigenvalue weighted by molar-refractivity contribution is 8.00. The Morgan fingerprint density at radius 1 is 1.04 bits per heavy atom. The van der Waals surface area contributed by atoms with E-state index < -0.39 is 5.60 Å². The lowest BCUT2D eigenvalue weighted by atomic mass is 10.1. The second-order valence-corrected chi connectivity index (χ2v) is 10.7. The van der Waals surface area contributed by atoms with Crippen LogP contribution in [0.25, 0.3) is 20.8 Å². The van der Waals surface area contributed by atoms with E-state index in [1.807, 2.05) is 31.7 Å². The molecule has 1 aromatic heterocycles. The van der Waals surface area contributed by atoms with Crippen molar-refractivity contribution in [1.29, 1.82) is 0 Å². The number of para-hydroxylation sites is 1. The summed E-state index contributed by atoms with van der Waals surface area (Å²) >= 11 is 3.58. The Kier molecular flexibility index (Phi) is 6.26. The van der Waals surface area contributed by atoms with Gasteiger partial charge >= 0.3 is 0 Å². The van der Waals surface area contributed by atoms with E-state index >= 15 is 0 Å². The van der Waals surface area contributed by atoms with Crippen LogP contribution in [0.15, 0.2) is 53.4 Å². The summed E-state index contributed by atoms with van der Waals surface area (Å²) < 4.78 is 7.07. The maximum atomic E-state index is 9.29. The quantitative estimate of drug-likeness (QED) is 0.469. The van der Waals surface area contributed by atoms with E-state index in [0.29, 0.717) is 6.61 Å². The molecule has 3 aromatic rings. The summed E-state index contributed by atoms with van der Waals surface area (Å²) in [7, 11) is 0. The second kappa shape index (κ2) is 8.31. The molecule has 27 heavy (non-hydrogen) atoms. The Morgan fingerprint density at radius 2 is 1.74 bits per heavy atom. The molecule has 1 heterocycles. The molecule has 0 fully saturated rings. The van der Waals surface area contributed by atoms with E-state index in [1.54, 1.807) is 11.3 Å². The first kappa shape index (κ1) is 20.3. The zero-order valence-corrected chi connectivity index (χ0v) is 18.0. The summed E-state index contributed by atoms with van der Waals surface area (Å²) in [5, 5.41) is 10.4.